The molecule has 0 saturated carbocycles. The Bertz CT molecular complexity index is 487. The average Bonchev–Trinajstić information content (AvgIpc) is 2.95. The van der Waals surface area contributed by atoms with Gasteiger partial charge in [-0.1, -0.05) is 5.16 Å². The molecule has 0 bridgehead atoms. The fourth-order valence-corrected chi connectivity index (χ4v) is 2.69. The number of rotatable bonds is 3. The highest BCUT2D eigenvalue weighted by Gasteiger charge is 2.32. The van der Waals surface area contributed by atoms with E-state index in [0.29, 0.717) is 12.1 Å². The molecule has 1 aliphatic heterocycles. The van der Waals surface area contributed by atoms with Crippen molar-refractivity contribution in [1.29, 1.82) is 0 Å². The number of benzene rings is 1. The lowest BCUT2D eigenvalue weighted by Gasteiger charge is -2.23. The van der Waals surface area contributed by atoms with Gasteiger partial charge in [0.2, 0.25) is 0 Å². The minimum absolute atomic E-state index is 0.0678. The lowest BCUT2D eigenvalue weighted by Crippen LogP contribution is -2.43. The van der Waals surface area contributed by atoms with E-state index in [-0.39, 0.29) is 17.8 Å². The summed E-state index contributed by atoms with van der Waals surface area (Å²) in [5.74, 6) is 0.0355. The van der Waals surface area contributed by atoms with Gasteiger partial charge in [-0.15, -0.1) is 11.8 Å². The lowest BCUT2D eigenvalue weighted by atomic mass is 10.1. The van der Waals surface area contributed by atoms with E-state index >= 15 is 0 Å². The zero-order chi connectivity index (χ0) is 13.8. The second kappa shape index (κ2) is 5.97. The Hall–Kier alpha value is -1.69. The van der Waals surface area contributed by atoms with E-state index in [1.165, 1.54) is 0 Å². The first kappa shape index (κ1) is 13.7. The maximum absolute atomic E-state index is 12.4. The van der Waals surface area contributed by atoms with Crippen LogP contribution < -0.4 is 5.73 Å². The standard InChI is InChI=1S/C13H17N3O2S/c1-19-10-6-4-9(5-7-10)13(17)16-8-2-3-11(16)12(14)15-18/h4-7,11,18H,2-3,8H2,1H3,(H2,14,15). The Kier molecular flexibility index (Phi) is 4.31. The van der Waals surface area contributed by atoms with Crippen LogP contribution in [0, 0.1) is 0 Å². The average molecular weight is 279 g/mol. The van der Waals surface area contributed by atoms with Crippen molar-refractivity contribution in [3.63, 3.8) is 0 Å². The normalized spacial score (nSPS) is 19.7. The Balaban J connectivity index is 2.18. The summed E-state index contributed by atoms with van der Waals surface area (Å²) in [6.07, 6.45) is 3.60. The molecule has 1 aromatic carbocycles. The summed E-state index contributed by atoms with van der Waals surface area (Å²) in [5, 5.41) is 11.8. The van der Waals surface area contributed by atoms with E-state index in [1.54, 1.807) is 16.7 Å². The van der Waals surface area contributed by atoms with Crippen LogP contribution in [-0.2, 0) is 0 Å². The summed E-state index contributed by atoms with van der Waals surface area (Å²) in [6.45, 7) is 0.643. The van der Waals surface area contributed by atoms with Gasteiger partial charge >= 0.3 is 0 Å². The van der Waals surface area contributed by atoms with Gasteiger partial charge in [-0.2, -0.15) is 0 Å². The van der Waals surface area contributed by atoms with Crippen LogP contribution in [0.15, 0.2) is 34.3 Å². The molecule has 1 aromatic rings. The van der Waals surface area contributed by atoms with Gasteiger partial charge in [0, 0.05) is 17.0 Å². The van der Waals surface area contributed by atoms with Crippen LogP contribution >= 0.6 is 11.8 Å². The summed E-state index contributed by atoms with van der Waals surface area (Å²) in [6, 6.07) is 7.18. The number of amidine groups is 1. The molecule has 0 aromatic heterocycles. The van der Waals surface area contributed by atoms with Gasteiger partial charge in [0.15, 0.2) is 5.84 Å². The number of carbonyl (C=O) groups excluding carboxylic acids is 1. The zero-order valence-electron chi connectivity index (χ0n) is 10.7. The second-order valence-corrected chi connectivity index (χ2v) is 5.29. The quantitative estimate of drug-likeness (QED) is 0.290. The summed E-state index contributed by atoms with van der Waals surface area (Å²) >= 11 is 1.63. The smallest absolute Gasteiger partial charge is 0.254 e. The van der Waals surface area contributed by atoms with Crippen LogP contribution in [0.1, 0.15) is 23.2 Å². The van der Waals surface area contributed by atoms with Crippen LogP contribution in [-0.4, -0.2) is 40.7 Å². The van der Waals surface area contributed by atoms with Gasteiger partial charge in [0.05, 0.1) is 6.04 Å². The SMILES string of the molecule is CSc1ccc(C(=O)N2CCCC2C(N)=NO)cc1. The largest absolute Gasteiger partial charge is 0.409 e. The highest BCUT2D eigenvalue weighted by molar-refractivity contribution is 7.98. The molecular weight excluding hydrogens is 262 g/mol. The van der Waals surface area contributed by atoms with Crippen molar-refractivity contribution < 1.29 is 10.0 Å². The third-order valence-corrected chi connectivity index (χ3v) is 4.05. The van der Waals surface area contributed by atoms with Crippen molar-refractivity contribution >= 4 is 23.5 Å². The summed E-state index contributed by atoms with van der Waals surface area (Å²) < 4.78 is 0. The van der Waals surface area contributed by atoms with E-state index in [1.807, 2.05) is 30.5 Å². The topological polar surface area (TPSA) is 78.9 Å². The summed E-state index contributed by atoms with van der Waals surface area (Å²) in [7, 11) is 0. The highest BCUT2D eigenvalue weighted by atomic mass is 32.2. The minimum Gasteiger partial charge on any atom is -0.409 e. The number of hydrogen-bond donors (Lipinski definition) is 2. The molecule has 5 nitrogen and oxygen atoms in total. The molecule has 0 spiro atoms. The van der Waals surface area contributed by atoms with Crippen LogP contribution in [0.5, 0.6) is 0 Å². The van der Waals surface area contributed by atoms with Crippen LogP contribution in [0.2, 0.25) is 0 Å². The van der Waals surface area contributed by atoms with Gasteiger partial charge in [0.1, 0.15) is 0 Å². The predicted molar refractivity (Wildman–Crippen MR) is 75.7 cm³/mol. The molecule has 1 fully saturated rings. The third-order valence-electron chi connectivity index (χ3n) is 3.31. The molecule has 1 unspecified atom stereocenters. The number of nitrogens with two attached hydrogens (primary N) is 1. The first-order valence-corrected chi connectivity index (χ1v) is 7.32. The van der Waals surface area contributed by atoms with Crippen molar-refractivity contribution in [1.82, 2.24) is 4.90 Å². The van der Waals surface area contributed by atoms with E-state index in [9.17, 15) is 4.79 Å². The molecular formula is C13H17N3O2S. The molecule has 0 radical (unpaired) electrons. The number of carbonyl (C=O) groups is 1. The first-order valence-electron chi connectivity index (χ1n) is 6.10. The second-order valence-electron chi connectivity index (χ2n) is 4.41. The number of oxime groups is 1. The zero-order valence-corrected chi connectivity index (χ0v) is 11.6. The van der Waals surface area contributed by atoms with Crippen molar-refractivity contribution in [3.05, 3.63) is 29.8 Å². The maximum atomic E-state index is 12.4. The van der Waals surface area contributed by atoms with Crippen LogP contribution in [0.3, 0.4) is 0 Å². The molecule has 2 rings (SSSR count). The molecule has 1 atom stereocenters. The van der Waals surface area contributed by atoms with E-state index < -0.39 is 0 Å². The monoisotopic (exact) mass is 279 g/mol. The van der Waals surface area contributed by atoms with Gasteiger partial charge in [-0.25, -0.2) is 0 Å². The molecule has 3 N–H and O–H groups in total. The molecule has 1 heterocycles. The number of amides is 1. The Morgan fingerprint density at radius 2 is 2.16 bits per heavy atom. The minimum atomic E-state index is -0.294. The van der Waals surface area contributed by atoms with Gasteiger partial charge in [-0.3, -0.25) is 4.79 Å². The summed E-state index contributed by atoms with van der Waals surface area (Å²) in [5.41, 5.74) is 6.27. The Morgan fingerprint density at radius 1 is 1.47 bits per heavy atom. The fraction of sp³-hybridized carbons (Fsp3) is 0.385. The highest BCUT2D eigenvalue weighted by Crippen LogP contribution is 2.22. The van der Waals surface area contributed by atoms with Gasteiger partial charge in [0.25, 0.3) is 5.91 Å². The van der Waals surface area contributed by atoms with Crippen molar-refractivity contribution in [2.24, 2.45) is 10.9 Å². The van der Waals surface area contributed by atoms with Gasteiger partial charge < -0.3 is 15.8 Å². The number of nitrogens with zero attached hydrogens (tertiary/aromatic N) is 2. The Morgan fingerprint density at radius 3 is 2.74 bits per heavy atom. The molecule has 1 amide bonds. The third kappa shape index (κ3) is 2.84. The molecule has 102 valence electrons. The molecule has 6 heteroatoms. The predicted octanol–water partition coefficient (Wildman–Crippen LogP) is 1.76. The molecule has 1 saturated heterocycles. The van der Waals surface area contributed by atoms with Crippen molar-refractivity contribution in [3.8, 4) is 0 Å². The van der Waals surface area contributed by atoms with E-state index in [2.05, 4.69) is 5.16 Å². The maximum Gasteiger partial charge on any atom is 0.254 e. The molecule has 0 aliphatic carbocycles. The lowest BCUT2D eigenvalue weighted by molar-refractivity contribution is 0.0768. The molecule has 1 aliphatic rings. The van der Waals surface area contributed by atoms with Crippen LogP contribution in [0.25, 0.3) is 0 Å². The Labute approximate surface area is 116 Å². The van der Waals surface area contributed by atoms with E-state index in [0.717, 1.165) is 17.7 Å². The number of hydrogen-bond acceptors (Lipinski definition) is 4. The fourth-order valence-electron chi connectivity index (χ4n) is 2.28. The van der Waals surface area contributed by atoms with Gasteiger partial charge in [-0.05, 0) is 43.4 Å². The first-order chi connectivity index (χ1) is 9.17. The number of likely N-dealkylation sites (tertiary alicyclic amines) is 1. The van der Waals surface area contributed by atoms with Crippen LogP contribution in [0.4, 0.5) is 0 Å². The van der Waals surface area contributed by atoms with Crippen molar-refractivity contribution in [2.75, 3.05) is 12.8 Å². The summed E-state index contributed by atoms with van der Waals surface area (Å²) in [4.78, 5) is 15.2. The van der Waals surface area contributed by atoms with E-state index in [4.69, 9.17) is 10.9 Å². The van der Waals surface area contributed by atoms with Crippen molar-refractivity contribution in [2.45, 2.75) is 23.8 Å². The molecule has 19 heavy (non-hydrogen) atoms. The number of thioether (sulfide) groups is 1.